The largest absolute Gasteiger partial charge is 0.496 e. The number of rotatable bonds is 4. The fourth-order valence-electron chi connectivity index (χ4n) is 2.59. The van der Waals surface area contributed by atoms with E-state index < -0.39 is 22.0 Å². The molecule has 7 heteroatoms. The Morgan fingerprint density at radius 2 is 2.10 bits per heavy atom. The Kier molecular flexibility index (Phi) is 4.53. The maximum Gasteiger partial charge on any atom is 0.322 e. The molecule has 0 aromatic heterocycles. The Labute approximate surface area is 124 Å². The van der Waals surface area contributed by atoms with E-state index in [1.54, 1.807) is 13.0 Å². The zero-order chi connectivity index (χ0) is 15.6. The van der Waals surface area contributed by atoms with Crippen LogP contribution in [0, 0.1) is 6.92 Å². The van der Waals surface area contributed by atoms with E-state index >= 15 is 0 Å². The molecular formula is C14H19NO5S. The molecule has 1 atom stereocenters. The summed E-state index contributed by atoms with van der Waals surface area (Å²) in [6.45, 7) is 1.99. The summed E-state index contributed by atoms with van der Waals surface area (Å²) in [5.74, 6) is -0.495. The lowest BCUT2D eigenvalue weighted by Gasteiger charge is -2.31. The van der Waals surface area contributed by atoms with E-state index in [1.807, 2.05) is 0 Å². The minimum atomic E-state index is -3.81. The predicted octanol–water partition coefficient (Wildman–Crippen LogP) is 1.63. The van der Waals surface area contributed by atoms with Gasteiger partial charge in [-0.1, -0.05) is 0 Å². The molecule has 0 bridgehead atoms. The van der Waals surface area contributed by atoms with E-state index in [1.165, 1.54) is 19.2 Å². The maximum absolute atomic E-state index is 12.7. The number of sulfonamides is 1. The van der Waals surface area contributed by atoms with E-state index in [-0.39, 0.29) is 11.4 Å². The quantitative estimate of drug-likeness (QED) is 0.913. The van der Waals surface area contributed by atoms with Gasteiger partial charge in [0.05, 0.1) is 12.0 Å². The standard InChI is InChI=1S/C14H19NO5S/c1-10-9-11(6-7-13(10)20-2)21(18,19)15-8-4-3-5-12(15)14(16)17/h6-7,9,12H,3-5,8H2,1-2H3,(H,16,17). The lowest BCUT2D eigenvalue weighted by Crippen LogP contribution is -2.47. The van der Waals surface area contributed by atoms with Gasteiger partial charge in [-0.25, -0.2) is 8.42 Å². The van der Waals surface area contributed by atoms with Crippen LogP contribution in [0.5, 0.6) is 5.75 Å². The van der Waals surface area contributed by atoms with Crippen molar-refractivity contribution in [2.24, 2.45) is 0 Å². The molecule has 1 unspecified atom stereocenters. The van der Waals surface area contributed by atoms with Gasteiger partial charge in [-0.05, 0) is 49.9 Å². The summed E-state index contributed by atoms with van der Waals surface area (Å²) < 4.78 is 31.6. The van der Waals surface area contributed by atoms with E-state index in [0.29, 0.717) is 24.2 Å². The molecule has 1 heterocycles. The van der Waals surface area contributed by atoms with Crippen LogP contribution in [0.25, 0.3) is 0 Å². The van der Waals surface area contributed by atoms with Crippen LogP contribution in [0.15, 0.2) is 23.1 Å². The number of carboxylic acid groups (broad SMARTS) is 1. The van der Waals surface area contributed by atoms with Crippen molar-refractivity contribution in [1.82, 2.24) is 4.31 Å². The number of aliphatic carboxylic acids is 1. The molecule has 1 aromatic carbocycles. The number of carboxylic acids is 1. The summed E-state index contributed by atoms with van der Waals surface area (Å²) in [7, 11) is -2.29. The third kappa shape index (κ3) is 3.03. The first-order valence-electron chi connectivity index (χ1n) is 6.77. The normalized spacial score (nSPS) is 20.2. The average molecular weight is 313 g/mol. The molecule has 2 rings (SSSR count). The maximum atomic E-state index is 12.7. The SMILES string of the molecule is COc1ccc(S(=O)(=O)N2CCCCC2C(=O)O)cc1C. The third-order valence-corrected chi connectivity index (χ3v) is 5.62. The zero-order valence-corrected chi connectivity index (χ0v) is 12.9. The smallest absolute Gasteiger partial charge is 0.322 e. The highest BCUT2D eigenvalue weighted by atomic mass is 32.2. The van der Waals surface area contributed by atoms with Gasteiger partial charge in [0, 0.05) is 6.54 Å². The first-order chi connectivity index (χ1) is 9.87. The van der Waals surface area contributed by atoms with Crippen LogP contribution in [0.2, 0.25) is 0 Å². The van der Waals surface area contributed by atoms with Gasteiger partial charge < -0.3 is 9.84 Å². The fraction of sp³-hybridized carbons (Fsp3) is 0.500. The summed E-state index contributed by atoms with van der Waals surface area (Å²) in [6.07, 6.45) is 1.76. The van der Waals surface area contributed by atoms with Gasteiger partial charge >= 0.3 is 5.97 Å². The van der Waals surface area contributed by atoms with Crippen LogP contribution >= 0.6 is 0 Å². The van der Waals surface area contributed by atoms with E-state index in [2.05, 4.69) is 0 Å². The molecule has 1 aliphatic rings. The van der Waals surface area contributed by atoms with Gasteiger partial charge in [-0.3, -0.25) is 4.79 Å². The number of hydrogen-bond acceptors (Lipinski definition) is 4. The second kappa shape index (κ2) is 6.03. The highest BCUT2D eigenvalue weighted by Gasteiger charge is 2.37. The van der Waals surface area contributed by atoms with Crippen molar-refractivity contribution in [2.45, 2.75) is 37.1 Å². The van der Waals surface area contributed by atoms with Crippen LogP contribution < -0.4 is 4.74 Å². The molecule has 0 radical (unpaired) electrons. The third-order valence-electron chi connectivity index (χ3n) is 3.71. The fourth-order valence-corrected chi connectivity index (χ4v) is 4.32. The second-order valence-corrected chi connectivity index (χ2v) is 6.99. The summed E-state index contributed by atoms with van der Waals surface area (Å²) in [5, 5.41) is 9.23. The summed E-state index contributed by atoms with van der Waals surface area (Å²) in [5.41, 5.74) is 0.697. The molecule has 6 nitrogen and oxygen atoms in total. The van der Waals surface area contributed by atoms with Crippen molar-refractivity contribution in [3.8, 4) is 5.75 Å². The number of nitrogens with zero attached hydrogens (tertiary/aromatic N) is 1. The second-order valence-electron chi connectivity index (χ2n) is 5.10. The molecular weight excluding hydrogens is 294 g/mol. The molecule has 0 spiro atoms. The zero-order valence-electron chi connectivity index (χ0n) is 12.1. The van der Waals surface area contributed by atoms with Gasteiger partial charge in [0.1, 0.15) is 11.8 Å². The average Bonchev–Trinajstić information content (AvgIpc) is 2.47. The van der Waals surface area contributed by atoms with E-state index in [9.17, 15) is 18.3 Å². The molecule has 1 aromatic rings. The van der Waals surface area contributed by atoms with Crippen LogP contribution in [0.3, 0.4) is 0 Å². The number of piperidine rings is 1. The Hall–Kier alpha value is -1.60. The molecule has 21 heavy (non-hydrogen) atoms. The van der Waals surface area contributed by atoms with Gasteiger partial charge in [-0.2, -0.15) is 4.31 Å². The molecule has 116 valence electrons. The van der Waals surface area contributed by atoms with Gasteiger partial charge in [0.25, 0.3) is 0 Å². The van der Waals surface area contributed by atoms with Gasteiger partial charge in [0.15, 0.2) is 0 Å². The highest BCUT2D eigenvalue weighted by molar-refractivity contribution is 7.89. The molecule has 1 N–H and O–H groups in total. The minimum absolute atomic E-state index is 0.106. The summed E-state index contributed by atoms with van der Waals surface area (Å²) >= 11 is 0. The van der Waals surface area contributed by atoms with Crippen LogP contribution in [-0.4, -0.2) is 43.5 Å². The van der Waals surface area contributed by atoms with Crippen molar-refractivity contribution < 1.29 is 23.1 Å². The highest BCUT2D eigenvalue weighted by Crippen LogP contribution is 2.28. The van der Waals surface area contributed by atoms with Crippen molar-refractivity contribution in [3.05, 3.63) is 23.8 Å². The molecule has 1 aliphatic heterocycles. The van der Waals surface area contributed by atoms with Crippen molar-refractivity contribution in [3.63, 3.8) is 0 Å². The Morgan fingerprint density at radius 3 is 2.67 bits per heavy atom. The molecule has 1 saturated heterocycles. The van der Waals surface area contributed by atoms with Crippen molar-refractivity contribution >= 4 is 16.0 Å². The van der Waals surface area contributed by atoms with E-state index in [0.717, 1.165) is 10.7 Å². The van der Waals surface area contributed by atoms with Crippen molar-refractivity contribution in [1.29, 1.82) is 0 Å². The summed E-state index contributed by atoms with van der Waals surface area (Å²) in [4.78, 5) is 11.4. The Balaban J connectivity index is 2.40. The molecule has 0 saturated carbocycles. The summed E-state index contributed by atoms with van der Waals surface area (Å²) in [6, 6.07) is 3.57. The number of benzene rings is 1. The number of carbonyl (C=O) groups is 1. The number of ether oxygens (including phenoxy) is 1. The van der Waals surface area contributed by atoms with E-state index in [4.69, 9.17) is 4.74 Å². The Morgan fingerprint density at radius 1 is 1.38 bits per heavy atom. The molecule has 0 aliphatic carbocycles. The monoisotopic (exact) mass is 313 g/mol. The van der Waals surface area contributed by atoms with Crippen LogP contribution in [-0.2, 0) is 14.8 Å². The van der Waals surface area contributed by atoms with Crippen molar-refractivity contribution in [2.75, 3.05) is 13.7 Å². The lowest BCUT2D eigenvalue weighted by molar-refractivity contribution is -0.142. The Bertz CT molecular complexity index is 641. The number of aryl methyl sites for hydroxylation is 1. The van der Waals surface area contributed by atoms with Crippen LogP contribution in [0.4, 0.5) is 0 Å². The lowest BCUT2D eigenvalue weighted by atomic mass is 10.1. The molecule has 0 amide bonds. The van der Waals surface area contributed by atoms with Gasteiger partial charge in [-0.15, -0.1) is 0 Å². The van der Waals surface area contributed by atoms with Gasteiger partial charge in [0.2, 0.25) is 10.0 Å². The minimum Gasteiger partial charge on any atom is -0.496 e. The first-order valence-corrected chi connectivity index (χ1v) is 8.21. The first kappa shape index (κ1) is 15.8. The number of methoxy groups -OCH3 is 1. The van der Waals surface area contributed by atoms with Crippen LogP contribution in [0.1, 0.15) is 24.8 Å². The molecule has 1 fully saturated rings. The number of hydrogen-bond donors (Lipinski definition) is 1. The topological polar surface area (TPSA) is 83.9 Å². The predicted molar refractivity (Wildman–Crippen MR) is 76.9 cm³/mol.